The predicted molar refractivity (Wildman–Crippen MR) is 91.9 cm³/mol. The van der Waals surface area contributed by atoms with Gasteiger partial charge in [-0.1, -0.05) is 23.7 Å². The van der Waals surface area contributed by atoms with Crippen LogP contribution in [0.3, 0.4) is 0 Å². The Morgan fingerprint density at radius 3 is 2.91 bits per heavy atom. The summed E-state index contributed by atoms with van der Waals surface area (Å²) in [6, 6.07) is 10.8. The summed E-state index contributed by atoms with van der Waals surface area (Å²) in [4.78, 5) is 17.4. The fourth-order valence-corrected chi connectivity index (χ4v) is 3.21. The van der Waals surface area contributed by atoms with Crippen LogP contribution in [0.4, 0.5) is 0 Å². The molecule has 118 valence electrons. The van der Waals surface area contributed by atoms with Gasteiger partial charge < -0.3 is 9.73 Å². The second-order valence-corrected chi connectivity index (χ2v) is 6.57. The topological polar surface area (TPSA) is 55.1 Å². The molecule has 0 saturated carbocycles. The van der Waals surface area contributed by atoms with Gasteiger partial charge in [0.25, 0.3) is 5.91 Å². The predicted octanol–water partition coefficient (Wildman–Crippen LogP) is 4.42. The number of thiazole rings is 1. The van der Waals surface area contributed by atoms with Crippen molar-refractivity contribution in [2.24, 2.45) is 0 Å². The SMILES string of the molecule is CC(Cc1cncs1)NC(=O)c1ccc(-c2ccccc2Cl)o1. The lowest BCUT2D eigenvalue weighted by molar-refractivity contribution is 0.0913. The Morgan fingerprint density at radius 2 is 2.17 bits per heavy atom. The van der Waals surface area contributed by atoms with E-state index in [-0.39, 0.29) is 17.7 Å². The molecular formula is C17H15ClN2O2S. The van der Waals surface area contributed by atoms with Crippen molar-refractivity contribution >= 4 is 28.8 Å². The van der Waals surface area contributed by atoms with Crippen molar-refractivity contribution in [3.05, 3.63) is 63.8 Å². The molecule has 0 aliphatic heterocycles. The Kier molecular flexibility index (Phi) is 4.79. The molecule has 0 radical (unpaired) electrons. The van der Waals surface area contributed by atoms with E-state index >= 15 is 0 Å². The molecule has 0 aliphatic carbocycles. The standard InChI is InChI=1S/C17H15ClN2O2S/c1-11(8-12-9-19-10-23-12)20-17(21)16-7-6-15(22-16)13-4-2-3-5-14(13)18/h2-7,9-11H,8H2,1H3,(H,20,21). The maximum absolute atomic E-state index is 12.3. The van der Waals surface area contributed by atoms with E-state index in [1.54, 1.807) is 35.0 Å². The first kappa shape index (κ1) is 15.8. The van der Waals surface area contributed by atoms with Crippen LogP contribution in [0.2, 0.25) is 5.02 Å². The zero-order chi connectivity index (χ0) is 16.2. The van der Waals surface area contributed by atoms with E-state index in [9.17, 15) is 4.79 Å². The molecule has 1 N–H and O–H groups in total. The third-order valence-corrected chi connectivity index (χ3v) is 4.47. The first-order valence-electron chi connectivity index (χ1n) is 7.16. The maximum atomic E-state index is 12.3. The maximum Gasteiger partial charge on any atom is 0.287 e. The van der Waals surface area contributed by atoms with Crippen LogP contribution >= 0.6 is 22.9 Å². The zero-order valence-electron chi connectivity index (χ0n) is 12.5. The highest BCUT2D eigenvalue weighted by Crippen LogP contribution is 2.29. The normalized spacial score (nSPS) is 12.1. The Bertz CT molecular complexity index is 799. The number of benzene rings is 1. The van der Waals surface area contributed by atoms with E-state index in [2.05, 4.69) is 10.3 Å². The lowest BCUT2D eigenvalue weighted by atomic mass is 10.2. The smallest absolute Gasteiger partial charge is 0.287 e. The van der Waals surface area contributed by atoms with Gasteiger partial charge in [0.1, 0.15) is 5.76 Å². The van der Waals surface area contributed by atoms with Crippen LogP contribution in [-0.2, 0) is 6.42 Å². The number of rotatable bonds is 5. The number of hydrogen-bond donors (Lipinski definition) is 1. The minimum absolute atomic E-state index is 0.00295. The molecule has 3 rings (SSSR count). The molecule has 2 aromatic heterocycles. The summed E-state index contributed by atoms with van der Waals surface area (Å²) < 4.78 is 5.64. The first-order valence-corrected chi connectivity index (χ1v) is 8.42. The van der Waals surface area contributed by atoms with Crippen molar-refractivity contribution in [2.45, 2.75) is 19.4 Å². The number of furan rings is 1. The van der Waals surface area contributed by atoms with Crippen LogP contribution in [0.1, 0.15) is 22.4 Å². The molecular weight excluding hydrogens is 332 g/mol. The molecule has 3 aromatic rings. The van der Waals surface area contributed by atoms with Crippen LogP contribution in [0, 0.1) is 0 Å². The van der Waals surface area contributed by atoms with Crippen molar-refractivity contribution < 1.29 is 9.21 Å². The van der Waals surface area contributed by atoms with E-state index in [1.807, 2.05) is 31.3 Å². The summed E-state index contributed by atoms with van der Waals surface area (Å²) in [6.07, 6.45) is 2.56. The van der Waals surface area contributed by atoms with Crippen molar-refractivity contribution in [2.75, 3.05) is 0 Å². The molecule has 0 aliphatic rings. The lowest BCUT2D eigenvalue weighted by Crippen LogP contribution is -2.33. The van der Waals surface area contributed by atoms with Gasteiger partial charge in [0, 0.05) is 29.1 Å². The second kappa shape index (κ2) is 6.98. The highest BCUT2D eigenvalue weighted by Gasteiger charge is 2.16. The van der Waals surface area contributed by atoms with E-state index in [1.165, 1.54) is 0 Å². The van der Waals surface area contributed by atoms with Crippen molar-refractivity contribution in [1.29, 1.82) is 0 Å². The molecule has 2 heterocycles. The lowest BCUT2D eigenvalue weighted by Gasteiger charge is -2.11. The summed E-state index contributed by atoms with van der Waals surface area (Å²) in [7, 11) is 0. The molecule has 1 unspecified atom stereocenters. The molecule has 0 saturated heterocycles. The Morgan fingerprint density at radius 1 is 1.35 bits per heavy atom. The van der Waals surface area contributed by atoms with E-state index in [4.69, 9.17) is 16.0 Å². The third-order valence-electron chi connectivity index (χ3n) is 3.34. The van der Waals surface area contributed by atoms with Gasteiger partial charge in [0.05, 0.1) is 10.5 Å². The first-order chi connectivity index (χ1) is 11.1. The summed E-state index contributed by atoms with van der Waals surface area (Å²) in [5.74, 6) is 0.618. The molecule has 0 fully saturated rings. The molecule has 1 aromatic carbocycles. The zero-order valence-corrected chi connectivity index (χ0v) is 14.0. The summed E-state index contributed by atoms with van der Waals surface area (Å²) in [5, 5.41) is 3.52. The Hall–Kier alpha value is -2.11. The minimum atomic E-state index is -0.236. The van der Waals surface area contributed by atoms with Gasteiger partial charge in [-0.15, -0.1) is 11.3 Å². The van der Waals surface area contributed by atoms with Gasteiger partial charge in [0.15, 0.2) is 5.76 Å². The van der Waals surface area contributed by atoms with Gasteiger partial charge in [-0.2, -0.15) is 0 Å². The second-order valence-electron chi connectivity index (χ2n) is 5.19. The number of nitrogens with one attached hydrogen (secondary N) is 1. The van der Waals surface area contributed by atoms with Gasteiger partial charge in [-0.05, 0) is 31.2 Å². The van der Waals surface area contributed by atoms with E-state index < -0.39 is 0 Å². The van der Waals surface area contributed by atoms with Crippen LogP contribution in [0.15, 0.2) is 52.5 Å². The Labute approximate surface area is 143 Å². The van der Waals surface area contributed by atoms with Crippen LogP contribution in [0.25, 0.3) is 11.3 Å². The number of aromatic nitrogens is 1. The average molecular weight is 347 g/mol. The summed E-state index contributed by atoms with van der Waals surface area (Å²) in [6.45, 7) is 1.95. The number of halogens is 1. The van der Waals surface area contributed by atoms with Crippen molar-refractivity contribution in [3.63, 3.8) is 0 Å². The number of carbonyl (C=O) groups is 1. The Balaban J connectivity index is 1.68. The highest BCUT2D eigenvalue weighted by atomic mass is 35.5. The van der Waals surface area contributed by atoms with Crippen molar-refractivity contribution in [3.8, 4) is 11.3 Å². The molecule has 4 nitrogen and oxygen atoms in total. The fraction of sp³-hybridized carbons (Fsp3) is 0.176. The van der Waals surface area contributed by atoms with Gasteiger partial charge >= 0.3 is 0 Å². The quantitative estimate of drug-likeness (QED) is 0.744. The summed E-state index contributed by atoms with van der Waals surface area (Å²) in [5.41, 5.74) is 2.55. The largest absolute Gasteiger partial charge is 0.451 e. The molecule has 23 heavy (non-hydrogen) atoms. The monoisotopic (exact) mass is 346 g/mol. The van der Waals surface area contributed by atoms with Crippen LogP contribution in [-0.4, -0.2) is 16.9 Å². The third kappa shape index (κ3) is 3.81. The minimum Gasteiger partial charge on any atom is -0.451 e. The average Bonchev–Trinajstić information content (AvgIpc) is 3.19. The summed E-state index contributed by atoms with van der Waals surface area (Å²) >= 11 is 7.72. The molecule has 0 spiro atoms. The van der Waals surface area contributed by atoms with Crippen LogP contribution < -0.4 is 5.32 Å². The van der Waals surface area contributed by atoms with E-state index in [0.29, 0.717) is 10.8 Å². The van der Waals surface area contributed by atoms with E-state index in [0.717, 1.165) is 16.9 Å². The number of carbonyl (C=O) groups excluding carboxylic acids is 1. The molecule has 1 amide bonds. The fourth-order valence-electron chi connectivity index (χ4n) is 2.26. The van der Waals surface area contributed by atoms with Gasteiger partial charge in [-0.25, -0.2) is 0 Å². The number of nitrogens with zero attached hydrogens (tertiary/aromatic N) is 1. The van der Waals surface area contributed by atoms with Crippen LogP contribution in [0.5, 0.6) is 0 Å². The van der Waals surface area contributed by atoms with Crippen molar-refractivity contribution in [1.82, 2.24) is 10.3 Å². The molecule has 6 heteroatoms. The van der Waals surface area contributed by atoms with Gasteiger partial charge in [0.2, 0.25) is 0 Å². The molecule has 1 atom stereocenters. The highest BCUT2D eigenvalue weighted by molar-refractivity contribution is 7.09. The number of hydrogen-bond acceptors (Lipinski definition) is 4. The van der Waals surface area contributed by atoms with Gasteiger partial charge in [-0.3, -0.25) is 9.78 Å². The number of amides is 1. The molecule has 0 bridgehead atoms.